The van der Waals surface area contributed by atoms with Gasteiger partial charge in [-0.05, 0) is 37.1 Å². The lowest BCUT2D eigenvalue weighted by Gasteiger charge is -2.06. The van der Waals surface area contributed by atoms with Gasteiger partial charge in [-0.3, -0.25) is 4.68 Å². The lowest BCUT2D eigenvalue weighted by atomic mass is 10.0. The SMILES string of the molecule is Cc1nn(Cc2ccccc2)c(C)c1Cc1ccc(C(=O)O)cc1. The molecule has 0 aliphatic carbocycles. The number of hydrogen-bond acceptors (Lipinski definition) is 2. The molecular weight excluding hydrogens is 300 g/mol. The van der Waals surface area contributed by atoms with E-state index in [4.69, 9.17) is 5.11 Å². The number of carboxylic acids is 1. The topological polar surface area (TPSA) is 55.1 Å². The summed E-state index contributed by atoms with van der Waals surface area (Å²) in [7, 11) is 0. The Kier molecular flexibility index (Phi) is 4.47. The summed E-state index contributed by atoms with van der Waals surface area (Å²) in [4.78, 5) is 10.9. The Morgan fingerprint density at radius 3 is 2.29 bits per heavy atom. The molecule has 0 amide bonds. The molecule has 3 rings (SSSR count). The number of carboxylic acid groups (broad SMARTS) is 1. The molecule has 3 aromatic rings. The first kappa shape index (κ1) is 16.0. The minimum absolute atomic E-state index is 0.312. The summed E-state index contributed by atoms with van der Waals surface area (Å²) >= 11 is 0. The number of aromatic nitrogens is 2. The molecule has 2 aromatic carbocycles. The molecule has 24 heavy (non-hydrogen) atoms. The molecule has 0 saturated carbocycles. The molecule has 0 aliphatic heterocycles. The first-order chi connectivity index (χ1) is 11.5. The number of hydrogen-bond donors (Lipinski definition) is 1. The number of carbonyl (C=O) groups is 1. The third-order valence-corrected chi connectivity index (χ3v) is 4.29. The van der Waals surface area contributed by atoms with Gasteiger partial charge in [-0.1, -0.05) is 42.5 Å². The van der Waals surface area contributed by atoms with Crippen LogP contribution in [0.15, 0.2) is 54.6 Å². The average molecular weight is 320 g/mol. The number of aromatic carboxylic acids is 1. The van der Waals surface area contributed by atoms with E-state index in [0.29, 0.717) is 5.56 Å². The van der Waals surface area contributed by atoms with Crippen molar-refractivity contribution in [2.24, 2.45) is 0 Å². The summed E-state index contributed by atoms with van der Waals surface area (Å²) in [5.41, 5.74) is 6.00. The smallest absolute Gasteiger partial charge is 0.335 e. The van der Waals surface area contributed by atoms with Crippen LogP contribution in [0.3, 0.4) is 0 Å². The van der Waals surface area contributed by atoms with Crippen LogP contribution in [-0.4, -0.2) is 20.9 Å². The van der Waals surface area contributed by atoms with Gasteiger partial charge >= 0.3 is 5.97 Å². The number of benzene rings is 2. The Morgan fingerprint density at radius 1 is 1.00 bits per heavy atom. The van der Waals surface area contributed by atoms with Gasteiger partial charge in [-0.2, -0.15) is 5.10 Å². The molecule has 0 atom stereocenters. The summed E-state index contributed by atoms with van der Waals surface area (Å²) in [6.07, 6.45) is 0.756. The lowest BCUT2D eigenvalue weighted by molar-refractivity contribution is 0.0697. The van der Waals surface area contributed by atoms with Gasteiger partial charge in [0.15, 0.2) is 0 Å². The molecule has 0 bridgehead atoms. The van der Waals surface area contributed by atoms with E-state index < -0.39 is 5.97 Å². The van der Waals surface area contributed by atoms with Crippen LogP contribution < -0.4 is 0 Å². The molecule has 1 N–H and O–H groups in total. The standard InChI is InChI=1S/C20H20N2O2/c1-14-19(12-16-8-10-18(11-9-16)20(23)24)15(2)22(21-14)13-17-6-4-3-5-7-17/h3-11H,12-13H2,1-2H3,(H,23,24). The predicted octanol–water partition coefficient (Wildman–Crippen LogP) is 3.84. The highest BCUT2D eigenvalue weighted by Crippen LogP contribution is 2.19. The van der Waals surface area contributed by atoms with Crippen molar-refractivity contribution in [3.63, 3.8) is 0 Å². The highest BCUT2D eigenvalue weighted by molar-refractivity contribution is 5.87. The molecule has 0 fully saturated rings. The van der Waals surface area contributed by atoms with E-state index in [1.165, 1.54) is 11.1 Å². The highest BCUT2D eigenvalue weighted by Gasteiger charge is 2.12. The predicted molar refractivity (Wildman–Crippen MR) is 93.5 cm³/mol. The quantitative estimate of drug-likeness (QED) is 0.777. The Balaban J connectivity index is 1.82. The third kappa shape index (κ3) is 3.38. The number of nitrogens with zero attached hydrogens (tertiary/aromatic N) is 2. The van der Waals surface area contributed by atoms with E-state index in [2.05, 4.69) is 24.2 Å². The van der Waals surface area contributed by atoms with E-state index in [-0.39, 0.29) is 0 Å². The number of aryl methyl sites for hydroxylation is 1. The molecule has 1 heterocycles. The Hall–Kier alpha value is -2.88. The van der Waals surface area contributed by atoms with Crippen LogP contribution in [0.1, 0.15) is 38.4 Å². The van der Waals surface area contributed by atoms with E-state index in [0.717, 1.165) is 29.9 Å². The van der Waals surface area contributed by atoms with Crippen molar-refractivity contribution in [2.75, 3.05) is 0 Å². The second-order valence-corrected chi connectivity index (χ2v) is 5.97. The van der Waals surface area contributed by atoms with Gasteiger partial charge in [0.1, 0.15) is 0 Å². The molecule has 122 valence electrons. The summed E-state index contributed by atoms with van der Waals surface area (Å²) < 4.78 is 2.03. The van der Waals surface area contributed by atoms with E-state index >= 15 is 0 Å². The van der Waals surface area contributed by atoms with Crippen molar-refractivity contribution in [3.05, 3.63) is 88.2 Å². The largest absolute Gasteiger partial charge is 0.478 e. The molecule has 0 saturated heterocycles. The fourth-order valence-corrected chi connectivity index (χ4v) is 2.87. The Bertz CT molecular complexity index is 849. The fraction of sp³-hybridized carbons (Fsp3) is 0.200. The van der Waals surface area contributed by atoms with Crippen molar-refractivity contribution in [2.45, 2.75) is 26.8 Å². The van der Waals surface area contributed by atoms with Crippen molar-refractivity contribution < 1.29 is 9.90 Å². The average Bonchev–Trinajstić information content (AvgIpc) is 2.84. The summed E-state index contributed by atoms with van der Waals surface area (Å²) in [5.74, 6) is -0.899. The molecule has 0 spiro atoms. The first-order valence-electron chi connectivity index (χ1n) is 7.93. The van der Waals surface area contributed by atoms with Crippen LogP contribution in [0.2, 0.25) is 0 Å². The molecule has 4 heteroatoms. The van der Waals surface area contributed by atoms with Crippen molar-refractivity contribution >= 4 is 5.97 Å². The van der Waals surface area contributed by atoms with Crippen LogP contribution in [0.25, 0.3) is 0 Å². The van der Waals surface area contributed by atoms with Crippen LogP contribution >= 0.6 is 0 Å². The minimum atomic E-state index is -0.899. The highest BCUT2D eigenvalue weighted by atomic mass is 16.4. The zero-order valence-corrected chi connectivity index (χ0v) is 13.9. The summed E-state index contributed by atoms with van der Waals surface area (Å²) in [6.45, 7) is 4.87. The Labute approximate surface area is 141 Å². The van der Waals surface area contributed by atoms with Crippen LogP contribution in [0.5, 0.6) is 0 Å². The van der Waals surface area contributed by atoms with Crippen LogP contribution in [0.4, 0.5) is 0 Å². The van der Waals surface area contributed by atoms with E-state index in [1.54, 1.807) is 12.1 Å². The molecule has 0 aliphatic rings. The number of rotatable bonds is 5. The second-order valence-electron chi connectivity index (χ2n) is 5.97. The van der Waals surface area contributed by atoms with Gasteiger partial charge in [-0.25, -0.2) is 4.79 Å². The van der Waals surface area contributed by atoms with Gasteiger partial charge in [0.05, 0.1) is 17.8 Å². The summed E-state index contributed by atoms with van der Waals surface area (Å²) in [5, 5.41) is 13.7. The summed E-state index contributed by atoms with van der Waals surface area (Å²) in [6, 6.07) is 17.3. The minimum Gasteiger partial charge on any atom is -0.478 e. The maximum absolute atomic E-state index is 10.9. The molecule has 1 aromatic heterocycles. The van der Waals surface area contributed by atoms with Gasteiger partial charge in [0, 0.05) is 17.7 Å². The van der Waals surface area contributed by atoms with Gasteiger partial charge in [-0.15, -0.1) is 0 Å². The van der Waals surface area contributed by atoms with Crippen LogP contribution in [0, 0.1) is 13.8 Å². The van der Waals surface area contributed by atoms with Gasteiger partial charge in [0.2, 0.25) is 0 Å². The maximum Gasteiger partial charge on any atom is 0.335 e. The zero-order valence-electron chi connectivity index (χ0n) is 13.9. The molecule has 0 radical (unpaired) electrons. The monoisotopic (exact) mass is 320 g/mol. The lowest BCUT2D eigenvalue weighted by Crippen LogP contribution is -2.04. The zero-order chi connectivity index (χ0) is 17.1. The maximum atomic E-state index is 10.9. The third-order valence-electron chi connectivity index (χ3n) is 4.29. The van der Waals surface area contributed by atoms with Crippen molar-refractivity contribution in [1.82, 2.24) is 9.78 Å². The normalized spacial score (nSPS) is 10.8. The van der Waals surface area contributed by atoms with E-state index in [1.807, 2.05) is 41.9 Å². The molecule has 0 unspecified atom stereocenters. The van der Waals surface area contributed by atoms with Crippen LogP contribution in [-0.2, 0) is 13.0 Å². The molecular formula is C20H20N2O2. The fourth-order valence-electron chi connectivity index (χ4n) is 2.87. The Morgan fingerprint density at radius 2 is 1.67 bits per heavy atom. The van der Waals surface area contributed by atoms with Gasteiger partial charge in [0.25, 0.3) is 0 Å². The first-order valence-corrected chi connectivity index (χ1v) is 7.93. The van der Waals surface area contributed by atoms with Crippen molar-refractivity contribution in [3.8, 4) is 0 Å². The van der Waals surface area contributed by atoms with E-state index in [9.17, 15) is 4.79 Å². The van der Waals surface area contributed by atoms with Gasteiger partial charge < -0.3 is 5.11 Å². The van der Waals surface area contributed by atoms with Crippen molar-refractivity contribution in [1.29, 1.82) is 0 Å². The molecule has 4 nitrogen and oxygen atoms in total. The second kappa shape index (κ2) is 6.71.